The molecule has 1 saturated heterocycles. The molecule has 7 heteroatoms. The first kappa shape index (κ1) is 20.0. The average molecular weight is 365 g/mol. The summed E-state index contributed by atoms with van der Waals surface area (Å²) in [5.41, 5.74) is 0.956. The molecule has 1 aromatic carbocycles. The fourth-order valence-electron chi connectivity index (χ4n) is 3.18. The third kappa shape index (κ3) is 5.62. The summed E-state index contributed by atoms with van der Waals surface area (Å²) in [7, 11) is 3.14. The molecule has 1 amide bonds. The Morgan fingerprint density at radius 1 is 1.23 bits per heavy atom. The van der Waals surface area contributed by atoms with Crippen LogP contribution in [-0.4, -0.2) is 51.0 Å². The Morgan fingerprint density at radius 2 is 1.92 bits per heavy atom. The molecule has 0 aromatic heterocycles. The summed E-state index contributed by atoms with van der Waals surface area (Å²) in [6, 6.07) is 5.53. The van der Waals surface area contributed by atoms with Crippen LogP contribution in [0.1, 0.15) is 24.8 Å². The van der Waals surface area contributed by atoms with Gasteiger partial charge < -0.3 is 24.6 Å². The second-order valence-electron chi connectivity index (χ2n) is 6.39. The highest BCUT2D eigenvalue weighted by Gasteiger charge is 2.29. The number of ether oxygens (including phenoxy) is 3. The molecule has 1 atom stereocenters. The molecule has 2 N–H and O–H groups in total. The van der Waals surface area contributed by atoms with Gasteiger partial charge in [-0.2, -0.15) is 0 Å². The van der Waals surface area contributed by atoms with Crippen molar-refractivity contribution < 1.29 is 28.9 Å². The number of carbonyl (C=O) groups excluding carboxylic acids is 1. The summed E-state index contributed by atoms with van der Waals surface area (Å²) < 4.78 is 15.7. The molecule has 1 aliphatic heterocycles. The number of carbonyl (C=O) groups is 2. The van der Waals surface area contributed by atoms with Gasteiger partial charge in [-0.05, 0) is 42.9 Å². The second kappa shape index (κ2) is 10.0. The Bertz CT molecular complexity index is 612. The monoisotopic (exact) mass is 365 g/mol. The zero-order chi connectivity index (χ0) is 18.9. The second-order valence-corrected chi connectivity index (χ2v) is 6.39. The minimum atomic E-state index is -0.864. The van der Waals surface area contributed by atoms with Crippen LogP contribution in [0.15, 0.2) is 18.2 Å². The van der Waals surface area contributed by atoms with Gasteiger partial charge >= 0.3 is 5.97 Å². The maximum atomic E-state index is 12.1. The molecular weight excluding hydrogens is 338 g/mol. The third-order valence-corrected chi connectivity index (χ3v) is 4.76. The maximum absolute atomic E-state index is 12.1. The van der Waals surface area contributed by atoms with Gasteiger partial charge in [-0.25, -0.2) is 0 Å². The van der Waals surface area contributed by atoms with Crippen molar-refractivity contribution in [3.05, 3.63) is 23.8 Å². The highest BCUT2D eigenvalue weighted by Crippen LogP contribution is 2.28. The smallest absolute Gasteiger partial charge is 0.308 e. The summed E-state index contributed by atoms with van der Waals surface area (Å²) in [5.74, 6) is -0.274. The number of aryl methyl sites for hydroxylation is 1. The molecule has 1 heterocycles. The summed E-state index contributed by atoms with van der Waals surface area (Å²) in [6.45, 7) is 1.33. The van der Waals surface area contributed by atoms with E-state index < -0.39 is 11.9 Å². The van der Waals surface area contributed by atoms with Crippen LogP contribution >= 0.6 is 0 Å². The average Bonchev–Trinajstić information content (AvgIpc) is 2.66. The molecule has 0 spiro atoms. The van der Waals surface area contributed by atoms with Crippen molar-refractivity contribution in [2.45, 2.75) is 25.7 Å². The Balaban J connectivity index is 1.83. The van der Waals surface area contributed by atoms with Crippen molar-refractivity contribution in [2.75, 3.05) is 34.0 Å². The van der Waals surface area contributed by atoms with E-state index in [1.165, 1.54) is 0 Å². The normalized spacial score (nSPS) is 15.9. The van der Waals surface area contributed by atoms with E-state index in [1.54, 1.807) is 20.3 Å². The number of carboxylic acid groups (broad SMARTS) is 1. The van der Waals surface area contributed by atoms with Gasteiger partial charge in [-0.1, -0.05) is 6.07 Å². The van der Waals surface area contributed by atoms with Crippen LogP contribution in [0.5, 0.6) is 11.5 Å². The molecule has 1 aliphatic rings. The number of methoxy groups -OCH3 is 2. The summed E-state index contributed by atoms with van der Waals surface area (Å²) >= 11 is 0. The highest BCUT2D eigenvalue weighted by molar-refractivity contribution is 5.77. The lowest BCUT2D eigenvalue weighted by Crippen LogP contribution is -2.39. The van der Waals surface area contributed by atoms with Crippen molar-refractivity contribution in [1.29, 1.82) is 0 Å². The fourth-order valence-corrected chi connectivity index (χ4v) is 3.18. The molecule has 26 heavy (non-hydrogen) atoms. The number of amides is 1. The molecule has 1 unspecified atom stereocenters. The standard InChI is InChI=1S/C19H27NO6/c1-24-16-5-3-13(11-17(16)25-2)4-6-18(21)20-12-15(19(22)23)14-7-9-26-10-8-14/h3,5,11,14-15H,4,6-10,12H2,1-2H3,(H,20,21)(H,22,23). The molecule has 1 fully saturated rings. The van der Waals surface area contributed by atoms with Crippen LogP contribution in [0.4, 0.5) is 0 Å². The first-order valence-electron chi connectivity index (χ1n) is 8.83. The van der Waals surface area contributed by atoms with Crippen LogP contribution in [0, 0.1) is 11.8 Å². The van der Waals surface area contributed by atoms with Gasteiger partial charge in [-0.15, -0.1) is 0 Å². The molecule has 0 bridgehead atoms. The minimum absolute atomic E-state index is 0.0485. The van der Waals surface area contributed by atoms with E-state index in [2.05, 4.69) is 5.32 Å². The molecule has 7 nitrogen and oxygen atoms in total. The number of benzene rings is 1. The van der Waals surface area contributed by atoms with Crippen molar-refractivity contribution in [3.63, 3.8) is 0 Å². The number of aliphatic carboxylic acids is 1. The van der Waals surface area contributed by atoms with E-state index in [1.807, 2.05) is 12.1 Å². The first-order valence-corrected chi connectivity index (χ1v) is 8.83. The van der Waals surface area contributed by atoms with Crippen molar-refractivity contribution in [1.82, 2.24) is 5.32 Å². The highest BCUT2D eigenvalue weighted by atomic mass is 16.5. The molecule has 144 valence electrons. The number of nitrogens with one attached hydrogen (secondary N) is 1. The van der Waals surface area contributed by atoms with Crippen molar-refractivity contribution in [2.24, 2.45) is 11.8 Å². The van der Waals surface area contributed by atoms with Crippen LogP contribution in [-0.2, 0) is 20.7 Å². The molecule has 2 rings (SSSR count). The quantitative estimate of drug-likeness (QED) is 0.694. The Hall–Kier alpha value is -2.28. The predicted molar refractivity (Wildman–Crippen MR) is 95.5 cm³/mol. The number of hydrogen-bond acceptors (Lipinski definition) is 5. The Kier molecular flexibility index (Phi) is 7.72. The zero-order valence-corrected chi connectivity index (χ0v) is 15.3. The minimum Gasteiger partial charge on any atom is -0.493 e. The van der Waals surface area contributed by atoms with Gasteiger partial charge in [0.25, 0.3) is 0 Å². The number of hydrogen-bond donors (Lipinski definition) is 2. The van der Waals surface area contributed by atoms with Crippen LogP contribution in [0.3, 0.4) is 0 Å². The fraction of sp³-hybridized carbons (Fsp3) is 0.579. The molecule has 0 saturated carbocycles. The maximum Gasteiger partial charge on any atom is 0.308 e. The predicted octanol–water partition coefficient (Wildman–Crippen LogP) is 1.88. The van der Waals surface area contributed by atoms with Crippen LogP contribution in [0.25, 0.3) is 0 Å². The van der Waals surface area contributed by atoms with Gasteiger partial charge in [0.1, 0.15) is 0 Å². The van der Waals surface area contributed by atoms with E-state index in [4.69, 9.17) is 14.2 Å². The number of carboxylic acids is 1. The number of rotatable bonds is 9. The molecule has 0 aliphatic carbocycles. The Morgan fingerprint density at radius 3 is 2.54 bits per heavy atom. The molecule has 1 aromatic rings. The zero-order valence-electron chi connectivity index (χ0n) is 15.3. The Labute approximate surface area is 153 Å². The van der Waals surface area contributed by atoms with Gasteiger partial charge in [-0.3, -0.25) is 9.59 Å². The summed E-state index contributed by atoms with van der Waals surface area (Å²) in [5, 5.41) is 12.2. The van der Waals surface area contributed by atoms with Gasteiger partial charge in [0.2, 0.25) is 5.91 Å². The SMILES string of the molecule is COc1ccc(CCC(=O)NCC(C(=O)O)C2CCOCC2)cc1OC. The molecule has 0 radical (unpaired) electrons. The van der Waals surface area contributed by atoms with Gasteiger partial charge in [0.05, 0.1) is 20.1 Å². The summed E-state index contributed by atoms with van der Waals surface area (Å²) in [6.07, 6.45) is 2.27. The largest absolute Gasteiger partial charge is 0.493 e. The lowest BCUT2D eigenvalue weighted by atomic mass is 9.86. The van der Waals surface area contributed by atoms with Crippen LogP contribution in [0.2, 0.25) is 0 Å². The van der Waals surface area contributed by atoms with E-state index in [0.717, 1.165) is 18.4 Å². The van der Waals surface area contributed by atoms with E-state index >= 15 is 0 Å². The van der Waals surface area contributed by atoms with E-state index in [-0.39, 0.29) is 24.8 Å². The van der Waals surface area contributed by atoms with Gasteiger partial charge in [0, 0.05) is 26.2 Å². The molecular formula is C19H27NO6. The van der Waals surface area contributed by atoms with E-state index in [9.17, 15) is 14.7 Å². The van der Waals surface area contributed by atoms with Crippen LogP contribution < -0.4 is 14.8 Å². The lowest BCUT2D eigenvalue weighted by Gasteiger charge is -2.27. The topological polar surface area (TPSA) is 94.1 Å². The third-order valence-electron chi connectivity index (χ3n) is 4.76. The lowest BCUT2D eigenvalue weighted by molar-refractivity contribution is -0.145. The van der Waals surface area contributed by atoms with E-state index in [0.29, 0.717) is 31.1 Å². The van der Waals surface area contributed by atoms with Crippen molar-refractivity contribution >= 4 is 11.9 Å². The summed E-state index contributed by atoms with van der Waals surface area (Å²) in [4.78, 5) is 23.6. The first-order chi connectivity index (χ1) is 12.5. The van der Waals surface area contributed by atoms with Crippen molar-refractivity contribution in [3.8, 4) is 11.5 Å². The van der Waals surface area contributed by atoms with Gasteiger partial charge in [0.15, 0.2) is 11.5 Å².